The molecule has 1 aliphatic heterocycles. The van der Waals surface area contributed by atoms with Crippen LogP contribution in [-0.2, 0) is 0 Å². The third-order valence-electron chi connectivity index (χ3n) is 3.89. The molecule has 22 heavy (non-hydrogen) atoms. The summed E-state index contributed by atoms with van der Waals surface area (Å²) in [6.07, 6.45) is 4.19. The highest BCUT2D eigenvalue weighted by Crippen LogP contribution is 2.30. The van der Waals surface area contributed by atoms with Crippen molar-refractivity contribution in [2.24, 2.45) is 0 Å². The molecular weight excluding hydrogens is 319 g/mol. The fourth-order valence-electron chi connectivity index (χ4n) is 2.72. The second kappa shape index (κ2) is 7.82. The summed E-state index contributed by atoms with van der Waals surface area (Å²) in [7, 11) is 0. The molecule has 3 rings (SSSR count). The highest BCUT2D eigenvalue weighted by Gasteiger charge is 2.22. The van der Waals surface area contributed by atoms with E-state index >= 15 is 0 Å². The predicted octanol–water partition coefficient (Wildman–Crippen LogP) is 4.34. The summed E-state index contributed by atoms with van der Waals surface area (Å²) < 4.78 is 6.03. The smallest absolute Gasteiger partial charge is 0.138 e. The Morgan fingerprint density at radius 1 is 1.32 bits per heavy atom. The van der Waals surface area contributed by atoms with Gasteiger partial charge in [0.1, 0.15) is 17.0 Å². The molecule has 118 valence electrons. The second-order valence-electron chi connectivity index (χ2n) is 5.40. The van der Waals surface area contributed by atoms with Crippen LogP contribution in [0.1, 0.15) is 19.8 Å². The van der Waals surface area contributed by atoms with Gasteiger partial charge >= 0.3 is 0 Å². The fraction of sp³-hybridized carbons (Fsp3) is 0.353. The lowest BCUT2D eigenvalue weighted by Gasteiger charge is -2.21. The Hall–Kier alpha value is -1.29. The van der Waals surface area contributed by atoms with Crippen molar-refractivity contribution >= 4 is 24.0 Å². The number of nitrogens with zero attached hydrogens (tertiary/aromatic N) is 1. The van der Waals surface area contributed by atoms with Gasteiger partial charge in [-0.25, -0.2) is 4.98 Å². The van der Waals surface area contributed by atoms with Gasteiger partial charge in [0, 0.05) is 11.6 Å². The van der Waals surface area contributed by atoms with Crippen molar-refractivity contribution in [3.8, 4) is 16.9 Å². The van der Waals surface area contributed by atoms with E-state index in [4.69, 9.17) is 16.3 Å². The highest BCUT2D eigenvalue weighted by molar-refractivity contribution is 6.32. The topological polar surface area (TPSA) is 34.1 Å². The van der Waals surface area contributed by atoms with Crippen molar-refractivity contribution in [3.63, 3.8) is 0 Å². The lowest BCUT2D eigenvalue weighted by atomic mass is 10.1. The Bertz CT molecular complexity index is 601. The second-order valence-corrected chi connectivity index (χ2v) is 5.76. The molecule has 1 aliphatic rings. The summed E-state index contributed by atoms with van der Waals surface area (Å²) in [5, 5.41) is 3.96. The van der Waals surface area contributed by atoms with Gasteiger partial charge in [-0.05, 0) is 37.9 Å². The quantitative estimate of drug-likeness (QED) is 0.842. The Morgan fingerprint density at radius 2 is 2.09 bits per heavy atom. The first-order valence-electron chi connectivity index (χ1n) is 7.35. The summed E-state index contributed by atoms with van der Waals surface area (Å²) >= 11 is 6.22. The Kier molecular flexibility index (Phi) is 6.07. The lowest BCUT2D eigenvalue weighted by molar-refractivity contribution is 0.179. The number of pyridine rings is 1. The molecule has 5 heteroatoms. The third kappa shape index (κ3) is 3.92. The van der Waals surface area contributed by atoms with Gasteiger partial charge < -0.3 is 10.1 Å². The minimum absolute atomic E-state index is 0. The average molecular weight is 339 g/mol. The molecule has 0 aliphatic carbocycles. The van der Waals surface area contributed by atoms with E-state index in [0.717, 1.165) is 29.8 Å². The monoisotopic (exact) mass is 338 g/mol. The van der Waals surface area contributed by atoms with Crippen LogP contribution in [0.3, 0.4) is 0 Å². The minimum atomic E-state index is 0. The molecule has 0 spiro atoms. The van der Waals surface area contributed by atoms with Gasteiger partial charge in [0.05, 0.1) is 6.20 Å². The van der Waals surface area contributed by atoms with Crippen molar-refractivity contribution in [1.82, 2.24) is 10.3 Å². The van der Waals surface area contributed by atoms with Crippen LogP contribution < -0.4 is 10.1 Å². The molecule has 2 aromatic rings. The highest BCUT2D eigenvalue weighted by atomic mass is 35.5. The van der Waals surface area contributed by atoms with E-state index in [9.17, 15) is 0 Å². The number of rotatable bonds is 4. The van der Waals surface area contributed by atoms with E-state index in [0.29, 0.717) is 11.2 Å². The zero-order valence-corrected chi connectivity index (χ0v) is 14.0. The van der Waals surface area contributed by atoms with Crippen molar-refractivity contribution in [3.05, 3.63) is 47.7 Å². The molecule has 0 radical (unpaired) electrons. The molecular formula is C17H20Cl2N2O. The SMILES string of the molecule is CC(Oc1cnc(Cl)c(-c2ccccc2)c1)[C@H]1CCCN1.Cl. The number of hydrogen-bond donors (Lipinski definition) is 1. The minimum Gasteiger partial charge on any atom is -0.487 e. The molecule has 1 unspecified atom stereocenters. The number of halogens is 2. The zero-order chi connectivity index (χ0) is 14.7. The van der Waals surface area contributed by atoms with Crippen molar-refractivity contribution < 1.29 is 4.74 Å². The van der Waals surface area contributed by atoms with Crippen molar-refractivity contribution in [1.29, 1.82) is 0 Å². The molecule has 2 atom stereocenters. The van der Waals surface area contributed by atoms with E-state index in [2.05, 4.69) is 17.2 Å². The molecule has 0 saturated carbocycles. The van der Waals surface area contributed by atoms with Crippen LogP contribution in [0.25, 0.3) is 11.1 Å². The molecule has 3 nitrogen and oxygen atoms in total. The summed E-state index contributed by atoms with van der Waals surface area (Å²) in [5.74, 6) is 0.763. The maximum absolute atomic E-state index is 6.22. The predicted molar refractivity (Wildman–Crippen MR) is 93.0 cm³/mol. The Balaban J connectivity index is 0.00000176. The largest absolute Gasteiger partial charge is 0.487 e. The number of aromatic nitrogens is 1. The maximum Gasteiger partial charge on any atom is 0.138 e. The summed E-state index contributed by atoms with van der Waals surface area (Å²) in [6, 6.07) is 12.4. The van der Waals surface area contributed by atoms with Gasteiger partial charge in [0.15, 0.2) is 0 Å². The number of benzene rings is 1. The summed E-state index contributed by atoms with van der Waals surface area (Å²) in [5.41, 5.74) is 1.95. The first-order valence-corrected chi connectivity index (χ1v) is 7.73. The van der Waals surface area contributed by atoms with E-state index in [1.54, 1.807) is 6.20 Å². The molecule has 0 bridgehead atoms. The maximum atomic E-state index is 6.22. The molecule has 1 saturated heterocycles. The van der Waals surface area contributed by atoms with Crippen LogP contribution in [0.5, 0.6) is 5.75 Å². The number of nitrogens with one attached hydrogen (secondary N) is 1. The molecule has 1 aromatic carbocycles. The van der Waals surface area contributed by atoms with Gasteiger partial charge in [0.2, 0.25) is 0 Å². The van der Waals surface area contributed by atoms with Crippen LogP contribution in [0.2, 0.25) is 5.15 Å². The van der Waals surface area contributed by atoms with Crippen LogP contribution in [0, 0.1) is 0 Å². The third-order valence-corrected chi connectivity index (χ3v) is 4.19. The van der Waals surface area contributed by atoms with Gasteiger partial charge in [-0.3, -0.25) is 0 Å². The van der Waals surface area contributed by atoms with E-state index in [-0.39, 0.29) is 18.5 Å². The van der Waals surface area contributed by atoms with Gasteiger partial charge in [-0.15, -0.1) is 12.4 Å². The number of hydrogen-bond acceptors (Lipinski definition) is 3. The van der Waals surface area contributed by atoms with Crippen LogP contribution >= 0.6 is 24.0 Å². The van der Waals surface area contributed by atoms with Crippen molar-refractivity contribution in [2.45, 2.75) is 31.9 Å². The van der Waals surface area contributed by atoms with Gasteiger partial charge in [-0.2, -0.15) is 0 Å². The van der Waals surface area contributed by atoms with Crippen LogP contribution in [0.4, 0.5) is 0 Å². The molecule has 1 N–H and O–H groups in total. The molecule has 0 amide bonds. The standard InChI is InChI=1S/C17H19ClN2O.ClH/c1-12(16-8-5-9-19-16)21-14-10-15(17(18)20-11-14)13-6-3-2-4-7-13;/h2-4,6-7,10-12,16,19H,5,8-9H2,1H3;1H/t12?,16-;/m1./s1. The molecule has 2 heterocycles. The lowest BCUT2D eigenvalue weighted by Crippen LogP contribution is -2.36. The Morgan fingerprint density at radius 3 is 2.77 bits per heavy atom. The van der Waals surface area contributed by atoms with Gasteiger partial charge in [0.25, 0.3) is 0 Å². The van der Waals surface area contributed by atoms with Crippen LogP contribution in [-0.4, -0.2) is 23.7 Å². The summed E-state index contributed by atoms with van der Waals surface area (Å²) in [4.78, 5) is 4.26. The zero-order valence-electron chi connectivity index (χ0n) is 12.5. The van der Waals surface area contributed by atoms with Gasteiger partial charge in [-0.1, -0.05) is 41.9 Å². The molecule has 1 aromatic heterocycles. The fourth-order valence-corrected chi connectivity index (χ4v) is 2.93. The summed E-state index contributed by atoms with van der Waals surface area (Å²) in [6.45, 7) is 3.17. The van der Waals surface area contributed by atoms with E-state index in [1.165, 1.54) is 6.42 Å². The first-order chi connectivity index (χ1) is 10.2. The Labute approximate surface area is 142 Å². The van der Waals surface area contributed by atoms with E-state index < -0.39 is 0 Å². The molecule has 1 fully saturated rings. The van der Waals surface area contributed by atoms with Crippen LogP contribution in [0.15, 0.2) is 42.6 Å². The average Bonchev–Trinajstić information content (AvgIpc) is 3.04. The number of ether oxygens (including phenoxy) is 1. The first kappa shape index (κ1) is 17.1. The normalized spacial score (nSPS) is 18.5. The van der Waals surface area contributed by atoms with Crippen molar-refractivity contribution in [2.75, 3.05) is 6.54 Å². The van der Waals surface area contributed by atoms with E-state index in [1.807, 2.05) is 36.4 Å².